The van der Waals surface area contributed by atoms with E-state index in [2.05, 4.69) is 29.2 Å². The lowest BCUT2D eigenvalue weighted by Gasteiger charge is -2.30. The van der Waals surface area contributed by atoms with Crippen molar-refractivity contribution in [3.05, 3.63) is 0 Å². The molecule has 5 nitrogen and oxygen atoms in total. The van der Waals surface area contributed by atoms with Crippen LogP contribution in [0, 0.1) is 5.92 Å². The van der Waals surface area contributed by atoms with Crippen molar-refractivity contribution in [2.45, 2.75) is 37.3 Å². The van der Waals surface area contributed by atoms with Gasteiger partial charge in [-0.05, 0) is 59.3 Å². The van der Waals surface area contributed by atoms with Gasteiger partial charge < -0.3 is 19.9 Å². The zero-order valence-electron chi connectivity index (χ0n) is 13.3. The highest BCUT2D eigenvalue weighted by Crippen LogP contribution is 2.34. The summed E-state index contributed by atoms with van der Waals surface area (Å²) < 4.78 is 4.98. The number of likely N-dealkylation sites (N-methyl/N-ethyl adjacent to an activating group) is 1. The van der Waals surface area contributed by atoms with Gasteiger partial charge in [-0.3, -0.25) is 4.79 Å². The Morgan fingerprint density at radius 3 is 2.80 bits per heavy atom. The van der Waals surface area contributed by atoms with Crippen molar-refractivity contribution < 1.29 is 9.53 Å². The van der Waals surface area contributed by atoms with Crippen molar-refractivity contribution in [3.63, 3.8) is 0 Å². The fourth-order valence-electron chi connectivity index (χ4n) is 3.84. The summed E-state index contributed by atoms with van der Waals surface area (Å²) >= 11 is 0. The third-order valence-corrected chi connectivity index (χ3v) is 5.20. The number of rotatable bonds is 5. The van der Waals surface area contributed by atoms with Crippen LogP contribution in [-0.2, 0) is 9.53 Å². The number of ether oxygens (including phenoxy) is 1. The van der Waals surface area contributed by atoms with Gasteiger partial charge in [-0.1, -0.05) is 0 Å². The molecule has 1 aliphatic heterocycles. The molecule has 0 aromatic carbocycles. The van der Waals surface area contributed by atoms with E-state index >= 15 is 0 Å². The number of carbonyl (C=O) groups excluding carboxylic acids is 1. The predicted molar refractivity (Wildman–Crippen MR) is 79.7 cm³/mol. The fourth-order valence-corrected chi connectivity index (χ4v) is 3.84. The summed E-state index contributed by atoms with van der Waals surface area (Å²) in [6.07, 6.45) is 4.09. The molecule has 0 spiro atoms. The van der Waals surface area contributed by atoms with Crippen LogP contribution in [0.25, 0.3) is 0 Å². The topological polar surface area (TPSA) is 44.8 Å². The van der Waals surface area contributed by atoms with Gasteiger partial charge in [-0.15, -0.1) is 0 Å². The number of hydrogen-bond donors (Lipinski definition) is 1. The van der Waals surface area contributed by atoms with Gasteiger partial charge in [-0.25, -0.2) is 0 Å². The molecule has 1 heterocycles. The molecule has 5 heteroatoms. The molecule has 3 atom stereocenters. The first-order valence-electron chi connectivity index (χ1n) is 7.67. The number of nitrogens with one attached hydrogen (secondary N) is 1. The first-order valence-corrected chi connectivity index (χ1v) is 7.67. The second-order valence-electron chi connectivity index (χ2n) is 6.58. The quantitative estimate of drug-likeness (QED) is 0.747. The van der Waals surface area contributed by atoms with Crippen LogP contribution in [0.15, 0.2) is 0 Å². The van der Waals surface area contributed by atoms with Crippen LogP contribution in [0.4, 0.5) is 0 Å². The molecule has 1 aliphatic carbocycles. The van der Waals surface area contributed by atoms with Crippen molar-refractivity contribution in [3.8, 4) is 0 Å². The predicted octanol–water partition coefficient (Wildman–Crippen LogP) is 0.554. The third-order valence-electron chi connectivity index (χ3n) is 5.20. The summed E-state index contributed by atoms with van der Waals surface area (Å²) in [5.41, 5.74) is -0.472. The van der Waals surface area contributed by atoms with E-state index < -0.39 is 5.54 Å². The summed E-state index contributed by atoms with van der Waals surface area (Å²) in [4.78, 5) is 16.9. The zero-order valence-corrected chi connectivity index (χ0v) is 13.3. The van der Waals surface area contributed by atoms with Crippen molar-refractivity contribution in [1.82, 2.24) is 15.1 Å². The fraction of sp³-hybridized carbons (Fsp3) is 0.933. The summed E-state index contributed by atoms with van der Waals surface area (Å²) in [7, 11) is 7.74. The molecule has 1 N–H and O–H groups in total. The van der Waals surface area contributed by atoms with Crippen molar-refractivity contribution >= 4 is 5.97 Å². The lowest BCUT2D eigenvalue weighted by molar-refractivity contribution is -0.148. The minimum Gasteiger partial charge on any atom is -0.468 e. The van der Waals surface area contributed by atoms with E-state index in [1.54, 1.807) is 0 Å². The summed E-state index contributed by atoms with van der Waals surface area (Å²) in [5, 5.41) is 3.20. The highest BCUT2D eigenvalue weighted by atomic mass is 16.5. The normalized spacial score (nSPS) is 34.9. The monoisotopic (exact) mass is 283 g/mol. The van der Waals surface area contributed by atoms with Crippen molar-refractivity contribution in [2.75, 3.05) is 47.9 Å². The average Bonchev–Trinajstić information content (AvgIpc) is 3.05. The molecule has 1 saturated heterocycles. The molecule has 0 amide bonds. The van der Waals surface area contributed by atoms with Crippen LogP contribution in [0.2, 0.25) is 0 Å². The van der Waals surface area contributed by atoms with Crippen molar-refractivity contribution in [2.24, 2.45) is 5.92 Å². The summed E-state index contributed by atoms with van der Waals surface area (Å²) in [5.74, 6) is 0.657. The van der Waals surface area contributed by atoms with Crippen LogP contribution in [0.1, 0.15) is 25.7 Å². The summed E-state index contributed by atoms with van der Waals surface area (Å²) in [6.45, 7) is 3.55. The Hall–Kier alpha value is -0.650. The average molecular weight is 283 g/mol. The van der Waals surface area contributed by atoms with Crippen LogP contribution in [-0.4, -0.2) is 75.2 Å². The Kier molecular flexibility index (Phi) is 5.04. The first kappa shape index (κ1) is 15.7. The molecule has 1 saturated carbocycles. The van der Waals surface area contributed by atoms with Crippen molar-refractivity contribution in [1.29, 1.82) is 0 Å². The number of methoxy groups -OCH3 is 1. The number of esters is 1. The SMILES string of the molecule is CNC1(C(=O)OC)CCC(N(C)CC2CCN(C)C2)C1. The molecular formula is C15H29N3O2. The van der Waals surface area contributed by atoms with Crippen LogP contribution < -0.4 is 5.32 Å². The van der Waals surface area contributed by atoms with E-state index in [4.69, 9.17) is 4.74 Å². The maximum absolute atomic E-state index is 12.0. The Morgan fingerprint density at radius 1 is 1.50 bits per heavy atom. The smallest absolute Gasteiger partial charge is 0.326 e. The Morgan fingerprint density at radius 2 is 2.25 bits per heavy atom. The molecule has 2 rings (SSSR count). The largest absolute Gasteiger partial charge is 0.468 e. The Balaban J connectivity index is 1.89. The van der Waals surface area contributed by atoms with Crippen LogP contribution in [0.3, 0.4) is 0 Å². The van der Waals surface area contributed by atoms with Gasteiger partial charge >= 0.3 is 5.97 Å². The second-order valence-corrected chi connectivity index (χ2v) is 6.58. The zero-order chi connectivity index (χ0) is 14.8. The van der Waals surface area contributed by atoms with Crippen LogP contribution in [0.5, 0.6) is 0 Å². The molecular weight excluding hydrogens is 254 g/mol. The van der Waals surface area contributed by atoms with E-state index in [0.29, 0.717) is 6.04 Å². The highest BCUT2D eigenvalue weighted by Gasteiger charge is 2.46. The molecule has 3 unspecified atom stereocenters. The van der Waals surface area contributed by atoms with E-state index in [1.165, 1.54) is 26.6 Å². The Bertz CT molecular complexity index is 350. The molecule has 0 radical (unpaired) electrons. The molecule has 0 bridgehead atoms. The van der Waals surface area contributed by atoms with Gasteiger partial charge in [0.15, 0.2) is 0 Å². The number of nitrogens with zero attached hydrogens (tertiary/aromatic N) is 2. The minimum atomic E-state index is -0.472. The molecule has 0 aromatic rings. The number of carbonyl (C=O) groups is 1. The van der Waals surface area contributed by atoms with Gasteiger partial charge in [-0.2, -0.15) is 0 Å². The molecule has 116 valence electrons. The Labute approximate surface area is 122 Å². The maximum atomic E-state index is 12.0. The molecule has 2 fully saturated rings. The van der Waals surface area contributed by atoms with E-state index in [1.807, 2.05) is 7.05 Å². The minimum absolute atomic E-state index is 0.114. The molecule has 20 heavy (non-hydrogen) atoms. The lowest BCUT2D eigenvalue weighted by atomic mass is 9.97. The molecule has 2 aliphatic rings. The van der Waals surface area contributed by atoms with Gasteiger partial charge in [0.05, 0.1) is 7.11 Å². The van der Waals surface area contributed by atoms with Crippen LogP contribution >= 0.6 is 0 Å². The van der Waals surface area contributed by atoms with E-state index in [0.717, 1.165) is 31.7 Å². The number of likely N-dealkylation sites (tertiary alicyclic amines) is 1. The number of hydrogen-bond acceptors (Lipinski definition) is 5. The van der Waals surface area contributed by atoms with Gasteiger partial charge in [0.1, 0.15) is 5.54 Å². The summed E-state index contributed by atoms with van der Waals surface area (Å²) in [6, 6.07) is 0.479. The first-order chi connectivity index (χ1) is 9.50. The van der Waals surface area contributed by atoms with E-state index in [-0.39, 0.29) is 5.97 Å². The molecule has 0 aromatic heterocycles. The third kappa shape index (κ3) is 3.15. The standard InChI is InChI=1S/C15H29N3O2/c1-16-15(14(19)20-4)7-5-13(9-15)18(3)11-12-6-8-17(2)10-12/h12-13,16H,5-11H2,1-4H3. The lowest BCUT2D eigenvalue weighted by Crippen LogP contribution is -2.50. The van der Waals surface area contributed by atoms with Gasteiger partial charge in [0.25, 0.3) is 0 Å². The highest BCUT2D eigenvalue weighted by molar-refractivity contribution is 5.81. The van der Waals surface area contributed by atoms with Gasteiger partial charge in [0.2, 0.25) is 0 Å². The van der Waals surface area contributed by atoms with Gasteiger partial charge in [0, 0.05) is 19.1 Å². The second kappa shape index (κ2) is 6.41. The van der Waals surface area contributed by atoms with E-state index in [9.17, 15) is 4.79 Å². The maximum Gasteiger partial charge on any atom is 0.326 e.